The number of halogens is 1. The van der Waals surface area contributed by atoms with Crippen LogP contribution in [0.15, 0.2) is 23.1 Å². The maximum Gasteiger partial charge on any atom is 0.243 e. The van der Waals surface area contributed by atoms with Crippen molar-refractivity contribution in [2.75, 3.05) is 45.4 Å². The number of nitrogens with zero attached hydrogens (tertiary/aromatic N) is 2. The Bertz CT molecular complexity index is 824. The summed E-state index contributed by atoms with van der Waals surface area (Å²) in [5.41, 5.74) is 1.65. The first kappa shape index (κ1) is 33.6. The predicted octanol–water partition coefficient (Wildman–Crippen LogP) is 5.90. The van der Waals surface area contributed by atoms with E-state index in [1.165, 1.54) is 69.1 Å². The van der Waals surface area contributed by atoms with Gasteiger partial charge in [0.25, 0.3) is 0 Å². The molecule has 1 N–H and O–H groups in total. The quantitative estimate of drug-likeness (QED) is 0.0648. The second-order valence-corrected chi connectivity index (χ2v) is 10.9. The third-order valence-corrected chi connectivity index (χ3v) is 8.93. The standard InChI is InChI=1S/C28H45N3O3S.CH3Cl/c1-5-31(6-2,7-3)19-12-10-8-9-11-13-20-35-26-16-14-15-23(22-32)24(26)21-30(4)25-17-18-27(33)29-28(25)34;1-2/h14-16,22,25H,5-13,17-21H2,1-4H3;1H3/p+1. The molecule has 1 heterocycles. The predicted molar refractivity (Wildman–Crippen MR) is 156 cm³/mol. The number of rotatable bonds is 17. The lowest BCUT2D eigenvalue weighted by Gasteiger charge is -2.35. The molecule has 1 aliphatic rings. The van der Waals surface area contributed by atoms with E-state index in [0.717, 1.165) is 28.9 Å². The average molecular weight is 555 g/mol. The van der Waals surface area contributed by atoms with E-state index in [-0.39, 0.29) is 17.9 Å². The van der Waals surface area contributed by atoms with Gasteiger partial charge in [0, 0.05) is 29.8 Å². The second-order valence-electron chi connectivity index (χ2n) is 9.81. The lowest BCUT2D eigenvalue weighted by molar-refractivity contribution is -0.923. The van der Waals surface area contributed by atoms with Crippen LogP contribution in [0.3, 0.4) is 0 Å². The topological polar surface area (TPSA) is 66.5 Å². The molecular weight excluding hydrogens is 506 g/mol. The fraction of sp³-hybridized carbons (Fsp3) is 0.690. The Morgan fingerprint density at radius 1 is 1.03 bits per heavy atom. The van der Waals surface area contributed by atoms with Crippen molar-refractivity contribution in [3.63, 3.8) is 0 Å². The van der Waals surface area contributed by atoms with Gasteiger partial charge < -0.3 is 4.48 Å². The number of hydrogen-bond acceptors (Lipinski definition) is 5. The number of hydrogen-bond donors (Lipinski definition) is 1. The Labute approximate surface area is 234 Å². The van der Waals surface area contributed by atoms with Crippen molar-refractivity contribution >= 4 is 41.5 Å². The summed E-state index contributed by atoms with van der Waals surface area (Å²) < 4.78 is 1.25. The lowest BCUT2D eigenvalue weighted by atomic mass is 10.0. The van der Waals surface area contributed by atoms with Crippen LogP contribution < -0.4 is 5.32 Å². The summed E-state index contributed by atoms with van der Waals surface area (Å²) in [7, 11) is 1.89. The molecular formula is C29H49ClN3O3S+. The molecule has 0 spiro atoms. The van der Waals surface area contributed by atoms with Gasteiger partial charge in [0.1, 0.15) is 6.29 Å². The van der Waals surface area contributed by atoms with E-state index in [4.69, 9.17) is 0 Å². The summed E-state index contributed by atoms with van der Waals surface area (Å²) in [6, 6.07) is 5.50. The average Bonchev–Trinajstić information content (AvgIpc) is 2.92. The number of carbonyl (C=O) groups excluding carboxylic acids is 3. The molecule has 1 fully saturated rings. The number of thioether (sulfide) groups is 1. The number of carbonyl (C=O) groups is 3. The summed E-state index contributed by atoms with van der Waals surface area (Å²) >= 11 is 6.44. The van der Waals surface area contributed by atoms with Crippen molar-refractivity contribution < 1.29 is 18.9 Å². The van der Waals surface area contributed by atoms with E-state index in [0.29, 0.717) is 24.9 Å². The normalized spacial score (nSPS) is 15.8. The molecule has 6 nitrogen and oxygen atoms in total. The van der Waals surface area contributed by atoms with Crippen molar-refractivity contribution in [1.82, 2.24) is 10.2 Å². The Morgan fingerprint density at radius 2 is 1.65 bits per heavy atom. The minimum Gasteiger partial charge on any atom is -0.324 e. The van der Waals surface area contributed by atoms with E-state index >= 15 is 0 Å². The Hall–Kier alpha value is -1.41. The third-order valence-electron chi connectivity index (χ3n) is 7.74. The van der Waals surface area contributed by atoms with Crippen LogP contribution in [-0.4, -0.2) is 78.9 Å². The number of nitrogens with one attached hydrogen (secondary N) is 1. The number of amides is 2. The summed E-state index contributed by atoms with van der Waals surface area (Å²) in [6.07, 6.45) is 10.9. The minimum atomic E-state index is -0.346. The van der Waals surface area contributed by atoms with Gasteiger partial charge in [0.05, 0.1) is 32.2 Å². The van der Waals surface area contributed by atoms with Crippen LogP contribution in [-0.2, 0) is 16.1 Å². The van der Waals surface area contributed by atoms with Gasteiger partial charge in [-0.1, -0.05) is 31.4 Å². The molecule has 0 radical (unpaired) electrons. The van der Waals surface area contributed by atoms with E-state index in [9.17, 15) is 14.4 Å². The maximum absolute atomic E-state index is 12.3. The van der Waals surface area contributed by atoms with E-state index in [1.54, 1.807) is 11.8 Å². The van der Waals surface area contributed by atoms with Crippen LogP contribution in [0.4, 0.5) is 0 Å². The van der Waals surface area contributed by atoms with Crippen LogP contribution in [0.2, 0.25) is 0 Å². The van der Waals surface area contributed by atoms with Crippen LogP contribution in [0.1, 0.15) is 88.1 Å². The third kappa shape index (κ3) is 11.1. The molecule has 37 heavy (non-hydrogen) atoms. The van der Waals surface area contributed by atoms with E-state index < -0.39 is 0 Å². The van der Waals surface area contributed by atoms with Crippen LogP contribution >= 0.6 is 23.4 Å². The van der Waals surface area contributed by atoms with E-state index in [2.05, 4.69) is 43.8 Å². The first-order chi connectivity index (χ1) is 17.9. The summed E-state index contributed by atoms with van der Waals surface area (Å²) in [5, 5.41) is 2.43. The van der Waals surface area contributed by atoms with Crippen LogP contribution in [0.5, 0.6) is 0 Å². The number of benzene rings is 1. The van der Waals surface area contributed by atoms with Gasteiger partial charge in [-0.05, 0) is 70.9 Å². The largest absolute Gasteiger partial charge is 0.324 e. The molecule has 1 aromatic carbocycles. The zero-order chi connectivity index (χ0) is 27.7. The number of quaternary nitrogens is 1. The summed E-state index contributed by atoms with van der Waals surface area (Å²) in [4.78, 5) is 38.5. The Morgan fingerprint density at radius 3 is 2.24 bits per heavy atom. The number of likely N-dealkylation sites (N-methyl/N-ethyl adjacent to an activating group) is 1. The highest BCUT2D eigenvalue weighted by Crippen LogP contribution is 2.28. The maximum atomic E-state index is 12.3. The van der Waals surface area contributed by atoms with Gasteiger partial charge in [-0.25, -0.2) is 0 Å². The molecule has 2 amide bonds. The molecule has 0 aliphatic carbocycles. The molecule has 0 aromatic heterocycles. The van der Waals surface area contributed by atoms with Gasteiger partial charge in [-0.3, -0.25) is 24.6 Å². The fourth-order valence-corrected chi connectivity index (χ4v) is 6.14. The molecule has 1 aliphatic heterocycles. The van der Waals surface area contributed by atoms with Gasteiger partial charge in [0.15, 0.2) is 0 Å². The fourth-order valence-electron chi connectivity index (χ4n) is 5.04. The highest BCUT2D eigenvalue weighted by molar-refractivity contribution is 7.99. The van der Waals surface area contributed by atoms with Gasteiger partial charge >= 0.3 is 0 Å². The molecule has 2 rings (SSSR count). The first-order valence-corrected chi connectivity index (χ1v) is 15.6. The monoisotopic (exact) mass is 554 g/mol. The van der Waals surface area contributed by atoms with Crippen molar-refractivity contribution in [3.05, 3.63) is 29.3 Å². The van der Waals surface area contributed by atoms with Crippen molar-refractivity contribution in [2.24, 2.45) is 0 Å². The van der Waals surface area contributed by atoms with Crippen LogP contribution in [0, 0.1) is 0 Å². The molecule has 0 bridgehead atoms. The van der Waals surface area contributed by atoms with Gasteiger partial charge in [0.2, 0.25) is 11.8 Å². The van der Waals surface area contributed by atoms with Crippen molar-refractivity contribution in [1.29, 1.82) is 0 Å². The first-order valence-electron chi connectivity index (χ1n) is 13.9. The van der Waals surface area contributed by atoms with Gasteiger partial charge in [-0.15, -0.1) is 23.4 Å². The van der Waals surface area contributed by atoms with Crippen molar-refractivity contribution in [2.45, 2.75) is 89.6 Å². The number of imide groups is 1. The second kappa shape index (κ2) is 18.8. The molecule has 8 heteroatoms. The highest BCUT2D eigenvalue weighted by atomic mass is 35.5. The van der Waals surface area contributed by atoms with Crippen molar-refractivity contribution in [3.8, 4) is 0 Å². The molecule has 0 saturated carbocycles. The number of alkyl halides is 1. The molecule has 210 valence electrons. The molecule has 1 atom stereocenters. The Kier molecular flexibility index (Phi) is 17.1. The molecule has 1 unspecified atom stereocenters. The summed E-state index contributed by atoms with van der Waals surface area (Å²) in [5.74, 6) is 0.573. The zero-order valence-electron chi connectivity index (χ0n) is 23.7. The van der Waals surface area contributed by atoms with E-state index in [1.807, 2.05) is 24.1 Å². The van der Waals surface area contributed by atoms with Crippen LogP contribution in [0.25, 0.3) is 0 Å². The SMILES string of the molecule is CC[N+](CC)(CC)CCCCCCCCSc1cccc(C=O)c1CN(C)C1CCC(=O)NC1=O.CCl. The smallest absolute Gasteiger partial charge is 0.243 e. The number of aldehydes is 1. The lowest BCUT2D eigenvalue weighted by Crippen LogP contribution is -2.51. The molecule has 1 aromatic rings. The minimum absolute atomic E-state index is 0.209. The molecule has 1 saturated heterocycles. The number of piperidine rings is 1. The van der Waals surface area contributed by atoms with Gasteiger partial charge in [-0.2, -0.15) is 0 Å². The number of unbranched alkanes of at least 4 members (excludes halogenated alkanes) is 5. The Balaban J connectivity index is 0.00000334. The highest BCUT2D eigenvalue weighted by Gasteiger charge is 2.30. The zero-order valence-corrected chi connectivity index (χ0v) is 25.3. The summed E-state index contributed by atoms with van der Waals surface area (Å²) in [6.45, 7) is 12.5.